The van der Waals surface area contributed by atoms with E-state index in [1.54, 1.807) is 18.7 Å². The Balaban J connectivity index is 2.69. The lowest BCUT2D eigenvalue weighted by molar-refractivity contribution is 0.0501. The molecular formula is C14H26N4O2S. The van der Waals surface area contributed by atoms with Crippen molar-refractivity contribution in [3.63, 3.8) is 0 Å². The number of nitrogens with zero attached hydrogens (tertiary/aromatic N) is 3. The van der Waals surface area contributed by atoms with Gasteiger partial charge in [0.15, 0.2) is 0 Å². The zero-order valence-electron chi connectivity index (χ0n) is 13.5. The average molecular weight is 314 g/mol. The molecule has 0 radical (unpaired) electrons. The van der Waals surface area contributed by atoms with Crippen molar-refractivity contribution in [2.24, 2.45) is 0 Å². The number of anilines is 1. The van der Waals surface area contributed by atoms with Crippen LogP contribution in [0.2, 0.25) is 0 Å². The highest BCUT2D eigenvalue weighted by atomic mass is 32.1. The predicted octanol–water partition coefficient (Wildman–Crippen LogP) is 3.07. The maximum absolute atomic E-state index is 12.2. The Labute approximate surface area is 130 Å². The van der Waals surface area contributed by atoms with Gasteiger partial charge in [0.05, 0.1) is 12.1 Å². The van der Waals surface area contributed by atoms with Crippen LogP contribution < -0.4 is 5.32 Å². The summed E-state index contributed by atoms with van der Waals surface area (Å²) in [5, 5.41) is 22.2. The molecule has 0 spiro atoms. The van der Waals surface area contributed by atoms with Gasteiger partial charge < -0.3 is 10.0 Å². The topological polar surface area (TPSA) is 78.4 Å². The highest BCUT2D eigenvalue weighted by Gasteiger charge is 2.22. The van der Waals surface area contributed by atoms with E-state index in [9.17, 15) is 9.90 Å². The van der Waals surface area contributed by atoms with Crippen LogP contribution in [-0.2, 0) is 0 Å². The van der Waals surface area contributed by atoms with Crippen LogP contribution in [0.25, 0.3) is 0 Å². The molecule has 1 aromatic rings. The van der Waals surface area contributed by atoms with E-state index in [1.165, 1.54) is 11.3 Å². The average Bonchev–Trinajstić information content (AvgIpc) is 2.84. The van der Waals surface area contributed by atoms with Crippen LogP contribution in [0.15, 0.2) is 0 Å². The molecule has 0 unspecified atom stereocenters. The molecule has 1 aromatic heterocycles. The number of nitrogens with one attached hydrogen (secondary N) is 1. The van der Waals surface area contributed by atoms with Gasteiger partial charge in [-0.15, -0.1) is 10.2 Å². The minimum Gasteiger partial charge on any atom is -0.389 e. The molecule has 0 aromatic carbocycles. The van der Waals surface area contributed by atoms with Crippen molar-refractivity contribution in [1.29, 1.82) is 0 Å². The van der Waals surface area contributed by atoms with Crippen LogP contribution in [-0.4, -0.2) is 44.9 Å². The van der Waals surface area contributed by atoms with Crippen LogP contribution in [0.4, 0.5) is 9.93 Å². The lowest BCUT2D eigenvalue weighted by Gasteiger charge is -2.27. The fourth-order valence-electron chi connectivity index (χ4n) is 2.05. The van der Waals surface area contributed by atoms with Crippen molar-refractivity contribution in [2.45, 2.75) is 59.0 Å². The summed E-state index contributed by atoms with van der Waals surface area (Å²) in [6.07, 6.45) is 2.03. The minimum absolute atomic E-state index is 0.258. The van der Waals surface area contributed by atoms with Gasteiger partial charge in [-0.1, -0.05) is 25.2 Å². The molecule has 0 aliphatic carbocycles. The van der Waals surface area contributed by atoms with Crippen molar-refractivity contribution in [1.82, 2.24) is 15.1 Å². The van der Waals surface area contributed by atoms with E-state index in [4.69, 9.17) is 0 Å². The summed E-state index contributed by atoms with van der Waals surface area (Å²) in [6, 6.07) is -0.258. The van der Waals surface area contributed by atoms with Crippen molar-refractivity contribution in [3.05, 3.63) is 5.01 Å². The van der Waals surface area contributed by atoms with Crippen molar-refractivity contribution in [3.8, 4) is 0 Å². The van der Waals surface area contributed by atoms with E-state index < -0.39 is 5.60 Å². The Morgan fingerprint density at radius 1 is 1.33 bits per heavy atom. The number of carbonyl (C=O) groups is 1. The van der Waals surface area contributed by atoms with Gasteiger partial charge in [0.25, 0.3) is 0 Å². The summed E-state index contributed by atoms with van der Waals surface area (Å²) >= 11 is 1.42. The predicted molar refractivity (Wildman–Crippen MR) is 85.8 cm³/mol. The van der Waals surface area contributed by atoms with Crippen LogP contribution in [0, 0.1) is 0 Å². The first-order valence-corrected chi connectivity index (χ1v) is 8.24. The summed E-state index contributed by atoms with van der Waals surface area (Å²) in [6.45, 7) is 10.3. The molecule has 1 heterocycles. The Kier molecular flexibility index (Phi) is 6.54. The largest absolute Gasteiger partial charge is 0.389 e. The normalized spacial score (nSPS) is 11.8. The molecule has 2 N–H and O–H groups in total. The van der Waals surface area contributed by atoms with Crippen LogP contribution in [0.3, 0.4) is 0 Å². The van der Waals surface area contributed by atoms with Gasteiger partial charge in [-0.3, -0.25) is 5.32 Å². The van der Waals surface area contributed by atoms with Gasteiger partial charge in [0, 0.05) is 12.5 Å². The number of hydrogen-bond acceptors (Lipinski definition) is 5. The summed E-state index contributed by atoms with van der Waals surface area (Å²) < 4.78 is 0. The van der Waals surface area contributed by atoms with E-state index >= 15 is 0 Å². The molecule has 2 amide bonds. The van der Waals surface area contributed by atoms with Gasteiger partial charge in [-0.25, -0.2) is 4.79 Å². The van der Waals surface area contributed by atoms with E-state index in [-0.39, 0.29) is 12.6 Å². The monoisotopic (exact) mass is 314 g/mol. The SMILES string of the molecule is CCC(CC)c1nnc(NC(=O)N(CC)CC(C)(C)O)s1. The van der Waals surface area contributed by atoms with Crippen LogP contribution in [0.1, 0.15) is 58.4 Å². The molecule has 21 heavy (non-hydrogen) atoms. The van der Waals surface area contributed by atoms with Crippen molar-refractivity contribution < 1.29 is 9.90 Å². The van der Waals surface area contributed by atoms with Crippen LogP contribution in [0.5, 0.6) is 0 Å². The second-order valence-electron chi connectivity index (χ2n) is 5.72. The summed E-state index contributed by atoms with van der Waals surface area (Å²) in [7, 11) is 0. The van der Waals surface area contributed by atoms with Crippen molar-refractivity contribution >= 4 is 22.5 Å². The smallest absolute Gasteiger partial charge is 0.323 e. The first-order valence-electron chi connectivity index (χ1n) is 7.42. The third kappa shape index (κ3) is 5.59. The molecule has 0 fully saturated rings. The van der Waals surface area contributed by atoms with Gasteiger partial charge >= 0.3 is 6.03 Å². The van der Waals surface area contributed by atoms with Gasteiger partial charge in [-0.2, -0.15) is 0 Å². The number of carbonyl (C=O) groups excluding carboxylic acids is 1. The highest BCUT2D eigenvalue weighted by Crippen LogP contribution is 2.28. The van der Waals surface area contributed by atoms with Crippen molar-refractivity contribution in [2.75, 3.05) is 18.4 Å². The number of amides is 2. The lowest BCUT2D eigenvalue weighted by atomic mass is 10.1. The van der Waals surface area contributed by atoms with E-state index in [0.29, 0.717) is 17.6 Å². The maximum Gasteiger partial charge on any atom is 0.323 e. The molecule has 7 heteroatoms. The third-order valence-corrected chi connectivity index (χ3v) is 4.24. The molecule has 0 saturated carbocycles. The zero-order chi connectivity index (χ0) is 16.0. The highest BCUT2D eigenvalue weighted by molar-refractivity contribution is 7.15. The lowest BCUT2D eigenvalue weighted by Crippen LogP contribution is -2.44. The first kappa shape index (κ1) is 17.8. The number of urea groups is 1. The molecule has 0 aliphatic heterocycles. The third-order valence-electron chi connectivity index (χ3n) is 3.24. The second kappa shape index (κ2) is 7.70. The molecule has 0 atom stereocenters. The Bertz CT molecular complexity index is 452. The Morgan fingerprint density at radius 3 is 2.43 bits per heavy atom. The molecule has 0 saturated heterocycles. The molecule has 0 aliphatic rings. The first-order chi connectivity index (χ1) is 9.80. The zero-order valence-corrected chi connectivity index (χ0v) is 14.3. The Morgan fingerprint density at radius 2 is 1.95 bits per heavy atom. The number of rotatable bonds is 7. The number of aliphatic hydroxyl groups is 1. The van der Waals surface area contributed by atoms with E-state index in [2.05, 4.69) is 29.4 Å². The fourth-order valence-corrected chi connectivity index (χ4v) is 3.05. The molecular weight excluding hydrogens is 288 g/mol. The summed E-state index contributed by atoms with van der Waals surface area (Å²) in [4.78, 5) is 13.7. The molecule has 0 bridgehead atoms. The van der Waals surface area contributed by atoms with Gasteiger partial charge in [0.1, 0.15) is 5.01 Å². The quantitative estimate of drug-likeness (QED) is 0.810. The second-order valence-corrected chi connectivity index (χ2v) is 6.72. The van der Waals surface area contributed by atoms with E-state index in [1.807, 2.05) is 6.92 Å². The van der Waals surface area contributed by atoms with E-state index in [0.717, 1.165) is 17.8 Å². The van der Waals surface area contributed by atoms with Gasteiger partial charge in [-0.05, 0) is 33.6 Å². The minimum atomic E-state index is -0.921. The number of likely N-dealkylation sites (N-methyl/N-ethyl adjacent to an activating group) is 1. The fraction of sp³-hybridized carbons (Fsp3) is 0.786. The summed E-state index contributed by atoms with van der Waals surface area (Å²) in [5.74, 6) is 0.395. The molecule has 120 valence electrons. The number of aromatic nitrogens is 2. The number of hydrogen-bond donors (Lipinski definition) is 2. The Hall–Kier alpha value is -1.21. The molecule has 6 nitrogen and oxygen atoms in total. The van der Waals surface area contributed by atoms with Gasteiger partial charge in [0.2, 0.25) is 5.13 Å². The van der Waals surface area contributed by atoms with Crippen LogP contribution >= 0.6 is 11.3 Å². The maximum atomic E-state index is 12.2. The molecule has 1 rings (SSSR count). The summed E-state index contributed by atoms with van der Waals surface area (Å²) in [5.41, 5.74) is -0.921. The standard InChI is InChI=1S/C14H26N4O2S/c1-6-10(7-2)11-16-17-12(21-11)15-13(19)18(8-3)9-14(4,5)20/h10,20H,6-9H2,1-5H3,(H,15,17,19).